The second-order valence-corrected chi connectivity index (χ2v) is 29.4. The van der Waals surface area contributed by atoms with Crippen LogP contribution in [0, 0.1) is 17.8 Å². The molecule has 3 N–H and O–H groups in total. The summed E-state index contributed by atoms with van der Waals surface area (Å²) in [5, 5.41) is 10.6. The number of rotatable bonds is 68. The molecule has 19 heteroatoms. The van der Waals surface area contributed by atoms with Gasteiger partial charge in [-0.15, -0.1) is 0 Å². The molecule has 0 saturated heterocycles. The molecule has 0 aromatic heterocycles. The quantitative estimate of drug-likeness (QED) is 0.0222. The van der Waals surface area contributed by atoms with Crippen molar-refractivity contribution in [1.29, 1.82) is 0 Å². The van der Waals surface area contributed by atoms with Crippen LogP contribution in [0.25, 0.3) is 0 Å². The molecule has 0 fully saturated rings. The second kappa shape index (κ2) is 61.0. The fourth-order valence-electron chi connectivity index (χ4n) is 10.5. The van der Waals surface area contributed by atoms with Gasteiger partial charge in [0, 0.05) is 25.7 Å². The Balaban J connectivity index is 5.26. The Morgan fingerprint density at radius 2 is 0.573 bits per heavy atom. The van der Waals surface area contributed by atoms with E-state index in [1.165, 1.54) is 154 Å². The monoisotopic (exact) mass is 1310 g/mol. The minimum absolute atomic E-state index is 0.104. The van der Waals surface area contributed by atoms with Crippen molar-refractivity contribution in [1.82, 2.24) is 0 Å². The lowest BCUT2D eigenvalue weighted by atomic mass is 9.99. The standard InChI is InChI=1S/C70H136O17P2/c1-8-10-11-12-13-14-15-16-17-23-30-37-44-51-67(72)80-57-65(86-69(74)53-46-39-31-24-19-18-22-29-36-43-50-63(7)9-2)59-84-88(76,77)82-55-64(71)56-83-89(78,79)85-60-66(58-81-68(73)52-45-38-33-26-28-35-42-49-62(5)6)87-70(75)54-47-40-32-25-20-21-27-34-41-48-61(3)4/h61-66,71H,8-60H2,1-7H3,(H,76,77)(H,78,79)/t63?,64-,65-,66-/m1/s1. The van der Waals surface area contributed by atoms with Crippen molar-refractivity contribution in [2.45, 2.75) is 369 Å². The number of aliphatic hydroxyl groups excluding tert-OH is 1. The van der Waals surface area contributed by atoms with Crippen molar-refractivity contribution in [3.8, 4) is 0 Å². The average molecular weight is 1310 g/mol. The Morgan fingerprint density at radius 3 is 0.854 bits per heavy atom. The molecule has 0 aromatic rings. The van der Waals surface area contributed by atoms with Crippen LogP contribution in [0.1, 0.15) is 350 Å². The lowest BCUT2D eigenvalue weighted by Gasteiger charge is -2.21. The zero-order chi connectivity index (χ0) is 65.9. The number of aliphatic hydroxyl groups is 1. The van der Waals surface area contributed by atoms with E-state index in [9.17, 15) is 43.2 Å². The van der Waals surface area contributed by atoms with Crippen molar-refractivity contribution in [2.75, 3.05) is 39.6 Å². The van der Waals surface area contributed by atoms with Crippen LogP contribution in [-0.2, 0) is 65.4 Å². The topological polar surface area (TPSA) is 237 Å². The van der Waals surface area contributed by atoms with Crippen LogP contribution < -0.4 is 0 Å². The van der Waals surface area contributed by atoms with Gasteiger partial charge in [-0.05, 0) is 43.4 Å². The first-order chi connectivity index (χ1) is 42.8. The molecule has 0 aromatic carbocycles. The van der Waals surface area contributed by atoms with Gasteiger partial charge in [-0.1, -0.05) is 299 Å². The molecule has 0 amide bonds. The fraction of sp³-hybridized carbons (Fsp3) is 0.943. The zero-order valence-electron chi connectivity index (χ0n) is 57.9. The largest absolute Gasteiger partial charge is 0.472 e. The van der Waals surface area contributed by atoms with Gasteiger partial charge in [-0.3, -0.25) is 37.3 Å². The summed E-state index contributed by atoms with van der Waals surface area (Å²) in [5.74, 6) is 0.118. The third-order valence-electron chi connectivity index (χ3n) is 16.5. The average Bonchev–Trinajstić information content (AvgIpc) is 3.60. The summed E-state index contributed by atoms with van der Waals surface area (Å²) in [6, 6.07) is 0. The zero-order valence-corrected chi connectivity index (χ0v) is 59.7. The van der Waals surface area contributed by atoms with E-state index in [-0.39, 0.29) is 25.7 Å². The van der Waals surface area contributed by atoms with Gasteiger partial charge in [0.05, 0.1) is 26.4 Å². The second-order valence-electron chi connectivity index (χ2n) is 26.5. The highest BCUT2D eigenvalue weighted by Gasteiger charge is 2.30. The van der Waals surface area contributed by atoms with E-state index >= 15 is 0 Å². The lowest BCUT2D eigenvalue weighted by Crippen LogP contribution is -2.30. The van der Waals surface area contributed by atoms with Crippen LogP contribution in [0.15, 0.2) is 0 Å². The molecule has 528 valence electrons. The third-order valence-corrected chi connectivity index (χ3v) is 18.4. The molecule has 17 nitrogen and oxygen atoms in total. The van der Waals surface area contributed by atoms with Gasteiger partial charge in [0.2, 0.25) is 0 Å². The van der Waals surface area contributed by atoms with Gasteiger partial charge in [-0.2, -0.15) is 0 Å². The van der Waals surface area contributed by atoms with Crippen molar-refractivity contribution in [3.05, 3.63) is 0 Å². The summed E-state index contributed by atoms with van der Waals surface area (Å²) in [4.78, 5) is 72.5. The first-order valence-electron chi connectivity index (χ1n) is 36.4. The van der Waals surface area contributed by atoms with Crippen molar-refractivity contribution >= 4 is 39.5 Å². The Kier molecular flexibility index (Phi) is 59.6. The van der Waals surface area contributed by atoms with E-state index in [2.05, 4.69) is 48.5 Å². The van der Waals surface area contributed by atoms with Crippen LogP contribution in [0.5, 0.6) is 0 Å². The van der Waals surface area contributed by atoms with Gasteiger partial charge >= 0.3 is 39.5 Å². The number of carbonyl (C=O) groups is 4. The molecule has 0 aliphatic heterocycles. The predicted octanol–water partition coefficient (Wildman–Crippen LogP) is 19.8. The highest BCUT2D eigenvalue weighted by atomic mass is 31.2. The Labute approximate surface area is 543 Å². The molecular formula is C70H136O17P2. The van der Waals surface area contributed by atoms with Crippen LogP contribution in [0.4, 0.5) is 0 Å². The lowest BCUT2D eigenvalue weighted by molar-refractivity contribution is -0.161. The molecule has 6 atom stereocenters. The summed E-state index contributed by atoms with van der Waals surface area (Å²) < 4.78 is 68.3. The minimum atomic E-state index is -4.95. The maximum absolute atomic E-state index is 13.0. The van der Waals surface area contributed by atoms with Crippen LogP contribution in [-0.4, -0.2) is 96.7 Å². The smallest absolute Gasteiger partial charge is 0.462 e. The summed E-state index contributed by atoms with van der Waals surface area (Å²) >= 11 is 0. The van der Waals surface area contributed by atoms with Crippen LogP contribution in [0.3, 0.4) is 0 Å². The maximum Gasteiger partial charge on any atom is 0.472 e. The highest BCUT2D eigenvalue weighted by molar-refractivity contribution is 7.47. The first kappa shape index (κ1) is 87.1. The minimum Gasteiger partial charge on any atom is -0.462 e. The Morgan fingerprint density at radius 1 is 0.326 bits per heavy atom. The van der Waals surface area contributed by atoms with Gasteiger partial charge in [0.15, 0.2) is 12.2 Å². The fourth-order valence-corrected chi connectivity index (χ4v) is 12.1. The SMILES string of the molecule is CCCCCCCCCCCCCCCC(=O)OC[C@H](COP(=O)(O)OC[C@@H](O)COP(=O)(O)OC[C@@H](COC(=O)CCCCCCCCCC(C)C)OC(=O)CCCCCCCCCCCC(C)C)OC(=O)CCCCCCCCCCCCC(C)CC. The summed E-state index contributed by atoms with van der Waals surface area (Å²) in [6.07, 6.45) is 44.4. The first-order valence-corrected chi connectivity index (χ1v) is 39.4. The van der Waals surface area contributed by atoms with Crippen LogP contribution in [0.2, 0.25) is 0 Å². The Hall–Kier alpha value is -1.94. The number of carbonyl (C=O) groups excluding carboxylic acids is 4. The molecule has 0 aliphatic rings. The van der Waals surface area contributed by atoms with Crippen molar-refractivity contribution in [3.63, 3.8) is 0 Å². The Bertz CT molecular complexity index is 1750. The molecule has 0 bridgehead atoms. The van der Waals surface area contributed by atoms with Gasteiger partial charge < -0.3 is 33.8 Å². The third kappa shape index (κ3) is 63.2. The molecule has 0 heterocycles. The molecule has 3 unspecified atom stereocenters. The number of phosphoric ester groups is 2. The van der Waals surface area contributed by atoms with E-state index in [1.54, 1.807) is 0 Å². The predicted molar refractivity (Wildman–Crippen MR) is 358 cm³/mol. The van der Waals surface area contributed by atoms with Crippen LogP contribution >= 0.6 is 15.6 Å². The van der Waals surface area contributed by atoms with Gasteiger partial charge in [0.1, 0.15) is 19.3 Å². The van der Waals surface area contributed by atoms with E-state index in [0.29, 0.717) is 31.6 Å². The van der Waals surface area contributed by atoms with E-state index in [4.69, 9.17) is 37.0 Å². The number of hydrogen-bond acceptors (Lipinski definition) is 15. The molecule has 0 saturated carbocycles. The number of phosphoric acid groups is 2. The van der Waals surface area contributed by atoms with E-state index in [0.717, 1.165) is 108 Å². The normalized spacial score (nSPS) is 14.5. The van der Waals surface area contributed by atoms with E-state index in [1.807, 2.05) is 0 Å². The van der Waals surface area contributed by atoms with Gasteiger partial charge in [0.25, 0.3) is 0 Å². The number of ether oxygens (including phenoxy) is 4. The molecule has 0 spiro atoms. The summed E-state index contributed by atoms with van der Waals surface area (Å²) in [5.41, 5.74) is 0. The molecule has 89 heavy (non-hydrogen) atoms. The summed E-state index contributed by atoms with van der Waals surface area (Å²) in [6.45, 7) is 11.8. The van der Waals surface area contributed by atoms with Crippen molar-refractivity contribution in [2.24, 2.45) is 17.8 Å². The molecule has 0 rings (SSSR count). The molecule has 0 aliphatic carbocycles. The number of hydrogen-bond donors (Lipinski definition) is 3. The highest BCUT2D eigenvalue weighted by Crippen LogP contribution is 2.45. The summed E-state index contributed by atoms with van der Waals surface area (Å²) in [7, 11) is -9.90. The number of esters is 4. The number of unbranched alkanes of at least 4 members (excludes halogenated alkanes) is 35. The maximum atomic E-state index is 13.0. The van der Waals surface area contributed by atoms with Gasteiger partial charge in [-0.25, -0.2) is 9.13 Å². The van der Waals surface area contributed by atoms with E-state index < -0.39 is 97.5 Å². The molecular weight excluding hydrogens is 1170 g/mol. The van der Waals surface area contributed by atoms with Crippen molar-refractivity contribution < 1.29 is 80.2 Å². The molecule has 0 radical (unpaired) electrons.